The maximum absolute atomic E-state index is 12.1. The minimum absolute atomic E-state index is 0.232. The number of esters is 1. The quantitative estimate of drug-likeness (QED) is 0.579. The van der Waals surface area contributed by atoms with E-state index in [9.17, 15) is 9.59 Å². The molecule has 3 aromatic rings. The van der Waals surface area contributed by atoms with E-state index >= 15 is 0 Å². The van der Waals surface area contributed by atoms with Crippen molar-refractivity contribution >= 4 is 40.8 Å². The number of halogens is 2. The van der Waals surface area contributed by atoms with E-state index < -0.39 is 18.5 Å². The third-order valence-electron chi connectivity index (χ3n) is 3.79. The molecular weight excluding hydrogens is 385 g/mol. The van der Waals surface area contributed by atoms with Gasteiger partial charge in [0, 0.05) is 0 Å². The predicted octanol–water partition coefficient (Wildman–Crippen LogP) is 5.46. The lowest BCUT2D eigenvalue weighted by atomic mass is 10.0. The molecular formula is C21H15Cl2NO3. The van der Waals surface area contributed by atoms with Gasteiger partial charge in [0.2, 0.25) is 0 Å². The number of nitrogens with one attached hydrogen (secondary N) is 1. The molecule has 0 aliphatic heterocycles. The van der Waals surface area contributed by atoms with Gasteiger partial charge in [-0.15, -0.1) is 0 Å². The highest BCUT2D eigenvalue weighted by atomic mass is 35.5. The van der Waals surface area contributed by atoms with E-state index in [-0.39, 0.29) is 5.02 Å². The molecule has 3 rings (SSSR count). The molecule has 0 saturated heterocycles. The second-order valence-electron chi connectivity index (χ2n) is 5.67. The average molecular weight is 400 g/mol. The first-order valence-electron chi connectivity index (χ1n) is 8.11. The van der Waals surface area contributed by atoms with Crippen LogP contribution in [-0.2, 0) is 9.53 Å². The Labute approximate surface area is 166 Å². The number of anilines is 1. The molecule has 3 aromatic carbocycles. The molecule has 0 aliphatic rings. The topological polar surface area (TPSA) is 55.4 Å². The van der Waals surface area contributed by atoms with E-state index in [1.165, 1.54) is 0 Å². The Hall–Kier alpha value is -2.82. The van der Waals surface area contributed by atoms with Crippen molar-refractivity contribution in [3.63, 3.8) is 0 Å². The molecule has 1 N–H and O–H groups in total. The molecule has 0 aliphatic carbocycles. The van der Waals surface area contributed by atoms with Gasteiger partial charge >= 0.3 is 5.97 Å². The number of benzene rings is 3. The van der Waals surface area contributed by atoms with E-state index in [2.05, 4.69) is 5.32 Å². The minimum atomic E-state index is -0.582. The first kappa shape index (κ1) is 19.0. The normalized spacial score (nSPS) is 10.3. The molecule has 0 saturated carbocycles. The van der Waals surface area contributed by atoms with Crippen LogP contribution >= 0.6 is 23.2 Å². The molecule has 136 valence electrons. The van der Waals surface area contributed by atoms with Crippen molar-refractivity contribution in [1.29, 1.82) is 0 Å². The monoisotopic (exact) mass is 399 g/mol. The Balaban J connectivity index is 1.57. The molecule has 0 fully saturated rings. The fraction of sp³-hybridized carbons (Fsp3) is 0.0476. The molecule has 0 aromatic heterocycles. The second kappa shape index (κ2) is 8.71. The molecule has 0 bridgehead atoms. The van der Waals surface area contributed by atoms with Crippen LogP contribution in [0.2, 0.25) is 10.0 Å². The lowest BCUT2D eigenvalue weighted by Gasteiger charge is -2.09. The average Bonchev–Trinajstić information content (AvgIpc) is 2.70. The fourth-order valence-electron chi connectivity index (χ4n) is 2.43. The fourth-order valence-corrected chi connectivity index (χ4v) is 2.78. The number of rotatable bonds is 5. The van der Waals surface area contributed by atoms with Gasteiger partial charge in [0.1, 0.15) is 0 Å². The number of carbonyl (C=O) groups excluding carboxylic acids is 2. The zero-order chi connectivity index (χ0) is 19.2. The molecule has 0 spiro atoms. The molecule has 0 heterocycles. The zero-order valence-corrected chi connectivity index (χ0v) is 15.6. The highest BCUT2D eigenvalue weighted by Gasteiger charge is 2.12. The number of amides is 1. The third-order valence-corrected chi connectivity index (χ3v) is 4.61. The summed E-state index contributed by atoms with van der Waals surface area (Å²) in [6.07, 6.45) is 0. The van der Waals surface area contributed by atoms with Crippen LogP contribution in [0.5, 0.6) is 0 Å². The summed E-state index contributed by atoms with van der Waals surface area (Å²) in [6.45, 7) is -0.428. The lowest BCUT2D eigenvalue weighted by Crippen LogP contribution is -2.21. The standard InChI is InChI=1S/C21H15Cl2NO3/c22-17-7-4-8-18(20(17)23)24-19(25)13-27-21(26)16-11-9-15(10-12-16)14-5-2-1-3-6-14/h1-12H,13H2,(H,24,25). The van der Waals surface area contributed by atoms with Gasteiger partial charge < -0.3 is 10.1 Å². The van der Waals surface area contributed by atoms with Crippen LogP contribution < -0.4 is 5.32 Å². The number of ether oxygens (including phenoxy) is 1. The van der Waals surface area contributed by atoms with E-state index in [0.717, 1.165) is 11.1 Å². The zero-order valence-electron chi connectivity index (χ0n) is 14.1. The Bertz CT molecular complexity index is 957. The van der Waals surface area contributed by atoms with Crippen LogP contribution in [0.1, 0.15) is 10.4 Å². The van der Waals surface area contributed by atoms with E-state index in [4.69, 9.17) is 27.9 Å². The highest BCUT2D eigenvalue weighted by Crippen LogP contribution is 2.29. The smallest absolute Gasteiger partial charge is 0.338 e. The molecule has 27 heavy (non-hydrogen) atoms. The Morgan fingerprint density at radius 3 is 2.19 bits per heavy atom. The molecule has 6 heteroatoms. The van der Waals surface area contributed by atoms with Crippen molar-refractivity contribution in [2.45, 2.75) is 0 Å². The summed E-state index contributed by atoms with van der Waals surface area (Å²) in [5.74, 6) is -1.09. The lowest BCUT2D eigenvalue weighted by molar-refractivity contribution is -0.119. The van der Waals surface area contributed by atoms with Gasteiger partial charge in [-0.05, 0) is 35.4 Å². The Morgan fingerprint density at radius 1 is 0.815 bits per heavy atom. The van der Waals surface area contributed by atoms with Crippen molar-refractivity contribution in [1.82, 2.24) is 0 Å². The Kier molecular flexibility index (Phi) is 6.12. The van der Waals surface area contributed by atoms with Crippen molar-refractivity contribution in [2.24, 2.45) is 0 Å². The van der Waals surface area contributed by atoms with Gasteiger partial charge in [0.15, 0.2) is 6.61 Å². The summed E-state index contributed by atoms with van der Waals surface area (Å²) < 4.78 is 5.05. The predicted molar refractivity (Wildman–Crippen MR) is 107 cm³/mol. The SMILES string of the molecule is O=C(COC(=O)c1ccc(-c2ccccc2)cc1)Nc1cccc(Cl)c1Cl. The van der Waals surface area contributed by atoms with E-state index in [1.807, 2.05) is 42.5 Å². The van der Waals surface area contributed by atoms with E-state index in [1.54, 1.807) is 30.3 Å². The van der Waals surface area contributed by atoms with Crippen molar-refractivity contribution in [2.75, 3.05) is 11.9 Å². The Morgan fingerprint density at radius 2 is 1.48 bits per heavy atom. The van der Waals surface area contributed by atoms with Gasteiger partial charge in [0.25, 0.3) is 5.91 Å². The van der Waals surface area contributed by atoms with Gasteiger partial charge in [0.05, 0.1) is 21.3 Å². The van der Waals surface area contributed by atoms with Crippen LogP contribution in [0.25, 0.3) is 11.1 Å². The molecule has 0 unspecified atom stereocenters. The molecule has 0 atom stereocenters. The van der Waals surface area contributed by atoms with Crippen molar-refractivity contribution < 1.29 is 14.3 Å². The summed E-state index contributed by atoms with van der Waals surface area (Å²) in [4.78, 5) is 24.1. The van der Waals surface area contributed by atoms with Crippen LogP contribution in [0.3, 0.4) is 0 Å². The van der Waals surface area contributed by atoms with Crippen LogP contribution in [0, 0.1) is 0 Å². The largest absolute Gasteiger partial charge is 0.452 e. The molecule has 4 nitrogen and oxygen atoms in total. The van der Waals surface area contributed by atoms with Crippen molar-refractivity contribution in [3.8, 4) is 11.1 Å². The summed E-state index contributed by atoms with van der Waals surface area (Å²) >= 11 is 11.9. The van der Waals surface area contributed by atoms with Crippen LogP contribution in [0.4, 0.5) is 5.69 Å². The number of hydrogen-bond acceptors (Lipinski definition) is 3. The van der Waals surface area contributed by atoms with Gasteiger partial charge in [-0.2, -0.15) is 0 Å². The second-order valence-corrected chi connectivity index (χ2v) is 6.45. The van der Waals surface area contributed by atoms with Crippen LogP contribution in [0.15, 0.2) is 72.8 Å². The first-order chi connectivity index (χ1) is 13.0. The maximum atomic E-state index is 12.1. The summed E-state index contributed by atoms with van der Waals surface area (Å²) in [5, 5.41) is 3.11. The minimum Gasteiger partial charge on any atom is -0.452 e. The number of hydrogen-bond donors (Lipinski definition) is 1. The van der Waals surface area contributed by atoms with Gasteiger partial charge in [-0.1, -0.05) is 71.7 Å². The summed E-state index contributed by atoms with van der Waals surface area (Å²) in [5.41, 5.74) is 2.76. The van der Waals surface area contributed by atoms with Gasteiger partial charge in [-0.25, -0.2) is 4.79 Å². The van der Waals surface area contributed by atoms with E-state index in [0.29, 0.717) is 16.3 Å². The number of carbonyl (C=O) groups is 2. The molecule has 0 radical (unpaired) electrons. The first-order valence-corrected chi connectivity index (χ1v) is 8.86. The van der Waals surface area contributed by atoms with Gasteiger partial charge in [-0.3, -0.25) is 4.79 Å². The summed E-state index contributed by atoms with van der Waals surface area (Å²) in [6, 6.07) is 21.7. The summed E-state index contributed by atoms with van der Waals surface area (Å²) in [7, 11) is 0. The molecule has 1 amide bonds. The third kappa shape index (κ3) is 4.88. The van der Waals surface area contributed by atoms with Crippen molar-refractivity contribution in [3.05, 3.63) is 88.4 Å². The highest BCUT2D eigenvalue weighted by molar-refractivity contribution is 6.44. The maximum Gasteiger partial charge on any atom is 0.338 e. The van der Waals surface area contributed by atoms with Crippen LogP contribution in [-0.4, -0.2) is 18.5 Å².